The van der Waals surface area contributed by atoms with Crippen molar-refractivity contribution in [3.05, 3.63) is 77.9 Å². The monoisotopic (exact) mass is 458 g/mol. The zero-order valence-corrected chi connectivity index (χ0v) is 19.3. The standard InChI is InChI=1S/C24H26N2O3S.ClH/c1-26-14-12-18-16-23(29-2)24(17-19(18)13-15-26)30(27,28)22-10-8-21(9-11-22)25-20-6-4-3-5-7-20;/h3-11,16-17,25H,12-15H2,1-2H3;1H. The molecule has 4 rings (SSSR count). The Morgan fingerprint density at radius 3 is 2.06 bits per heavy atom. The third-order valence-electron chi connectivity index (χ3n) is 5.53. The maximum absolute atomic E-state index is 13.4. The fraction of sp³-hybridized carbons (Fsp3) is 0.250. The number of ether oxygens (including phenoxy) is 1. The zero-order valence-electron chi connectivity index (χ0n) is 17.7. The lowest BCUT2D eigenvalue weighted by Gasteiger charge is -2.15. The topological polar surface area (TPSA) is 58.6 Å². The first kappa shape index (κ1) is 23.1. The van der Waals surface area contributed by atoms with Gasteiger partial charge in [0.25, 0.3) is 0 Å². The van der Waals surface area contributed by atoms with Gasteiger partial charge in [-0.15, -0.1) is 12.4 Å². The van der Waals surface area contributed by atoms with Gasteiger partial charge in [-0.05, 0) is 79.5 Å². The molecule has 0 aliphatic carbocycles. The van der Waals surface area contributed by atoms with Gasteiger partial charge in [0.2, 0.25) is 9.84 Å². The van der Waals surface area contributed by atoms with Crippen molar-refractivity contribution < 1.29 is 13.2 Å². The summed E-state index contributed by atoms with van der Waals surface area (Å²) in [6, 6.07) is 20.3. The van der Waals surface area contributed by atoms with Crippen molar-refractivity contribution >= 4 is 33.6 Å². The molecule has 0 spiro atoms. The van der Waals surface area contributed by atoms with Gasteiger partial charge >= 0.3 is 0 Å². The molecule has 7 heteroatoms. The molecule has 0 saturated carbocycles. The minimum Gasteiger partial charge on any atom is -0.495 e. The van der Waals surface area contributed by atoms with E-state index >= 15 is 0 Å². The average molecular weight is 459 g/mol. The number of sulfone groups is 1. The second-order valence-corrected chi connectivity index (χ2v) is 9.51. The minimum absolute atomic E-state index is 0. The van der Waals surface area contributed by atoms with Gasteiger partial charge in [-0.25, -0.2) is 8.42 Å². The molecule has 5 nitrogen and oxygen atoms in total. The molecule has 0 saturated heterocycles. The highest BCUT2D eigenvalue weighted by Crippen LogP contribution is 2.34. The number of rotatable bonds is 5. The minimum atomic E-state index is -3.70. The lowest BCUT2D eigenvalue weighted by atomic mass is 10.0. The van der Waals surface area contributed by atoms with Crippen LogP contribution in [0.15, 0.2) is 76.5 Å². The van der Waals surface area contributed by atoms with Crippen molar-refractivity contribution in [2.75, 3.05) is 32.6 Å². The van der Waals surface area contributed by atoms with Gasteiger partial charge in [-0.1, -0.05) is 18.2 Å². The van der Waals surface area contributed by atoms with Gasteiger partial charge in [0.1, 0.15) is 10.6 Å². The van der Waals surface area contributed by atoms with Crippen LogP contribution in [0.4, 0.5) is 11.4 Å². The summed E-state index contributed by atoms with van der Waals surface area (Å²) in [5, 5.41) is 3.27. The van der Waals surface area contributed by atoms with Crippen molar-refractivity contribution in [2.24, 2.45) is 0 Å². The van der Waals surface area contributed by atoms with E-state index in [9.17, 15) is 8.42 Å². The van der Waals surface area contributed by atoms with Crippen LogP contribution >= 0.6 is 12.4 Å². The average Bonchev–Trinajstić information content (AvgIpc) is 2.95. The second kappa shape index (κ2) is 9.73. The summed E-state index contributed by atoms with van der Waals surface area (Å²) >= 11 is 0. The largest absolute Gasteiger partial charge is 0.495 e. The van der Waals surface area contributed by atoms with E-state index in [2.05, 4.69) is 17.3 Å². The molecular formula is C24H27ClN2O3S. The van der Waals surface area contributed by atoms with Gasteiger partial charge in [0, 0.05) is 24.5 Å². The quantitative estimate of drug-likeness (QED) is 0.599. The zero-order chi connectivity index (χ0) is 21.1. The van der Waals surface area contributed by atoms with Crippen molar-refractivity contribution in [1.82, 2.24) is 4.90 Å². The SMILES string of the molecule is COc1cc2c(cc1S(=O)(=O)c1ccc(Nc3ccccc3)cc1)CCN(C)CC2.Cl. The number of hydrogen-bond donors (Lipinski definition) is 1. The lowest BCUT2D eigenvalue weighted by molar-refractivity contribution is 0.352. The molecule has 0 fully saturated rings. The van der Waals surface area contributed by atoms with Crippen LogP contribution in [0.2, 0.25) is 0 Å². The Kier molecular flexibility index (Phi) is 7.26. The molecular weight excluding hydrogens is 432 g/mol. The van der Waals surface area contributed by atoms with Crippen molar-refractivity contribution in [2.45, 2.75) is 22.6 Å². The van der Waals surface area contributed by atoms with Crippen LogP contribution in [0.1, 0.15) is 11.1 Å². The number of benzene rings is 3. The summed E-state index contributed by atoms with van der Waals surface area (Å²) in [4.78, 5) is 2.75. The summed E-state index contributed by atoms with van der Waals surface area (Å²) < 4.78 is 32.3. The number of nitrogens with zero attached hydrogens (tertiary/aromatic N) is 1. The molecule has 3 aromatic rings. The predicted molar refractivity (Wildman–Crippen MR) is 127 cm³/mol. The summed E-state index contributed by atoms with van der Waals surface area (Å²) in [6.45, 7) is 1.87. The molecule has 1 aliphatic heterocycles. The Balaban J connectivity index is 0.00000272. The number of hydrogen-bond acceptors (Lipinski definition) is 5. The molecule has 0 radical (unpaired) electrons. The Bertz CT molecular complexity index is 1130. The summed E-state index contributed by atoms with van der Waals surface area (Å²) in [6.07, 6.45) is 1.72. The summed E-state index contributed by atoms with van der Waals surface area (Å²) in [5.74, 6) is 0.407. The van der Waals surface area contributed by atoms with Crippen LogP contribution < -0.4 is 10.1 Å². The maximum atomic E-state index is 13.4. The summed E-state index contributed by atoms with van der Waals surface area (Å²) in [7, 11) is -0.0833. The Labute approximate surface area is 190 Å². The molecule has 0 unspecified atom stereocenters. The molecule has 0 aromatic heterocycles. The number of likely N-dealkylation sites (N-methyl/N-ethyl adjacent to an activating group) is 1. The first-order valence-electron chi connectivity index (χ1n) is 10.0. The Morgan fingerprint density at radius 1 is 0.871 bits per heavy atom. The van der Waals surface area contributed by atoms with Crippen LogP contribution in [-0.4, -0.2) is 40.6 Å². The van der Waals surface area contributed by atoms with E-state index in [1.165, 1.54) is 7.11 Å². The van der Waals surface area contributed by atoms with Gasteiger partial charge in [0.05, 0.1) is 12.0 Å². The highest BCUT2D eigenvalue weighted by Gasteiger charge is 2.25. The number of methoxy groups -OCH3 is 1. The molecule has 1 N–H and O–H groups in total. The fourth-order valence-electron chi connectivity index (χ4n) is 3.75. The first-order valence-corrected chi connectivity index (χ1v) is 11.5. The number of nitrogens with one attached hydrogen (secondary N) is 1. The third-order valence-corrected chi connectivity index (χ3v) is 7.32. The van der Waals surface area contributed by atoms with E-state index in [1.807, 2.05) is 36.4 Å². The Hall–Kier alpha value is -2.54. The van der Waals surface area contributed by atoms with E-state index < -0.39 is 9.84 Å². The molecule has 31 heavy (non-hydrogen) atoms. The molecule has 1 heterocycles. The van der Waals surface area contributed by atoms with Crippen LogP contribution in [0, 0.1) is 0 Å². The molecule has 0 amide bonds. The maximum Gasteiger partial charge on any atom is 0.210 e. The highest BCUT2D eigenvalue weighted by atomic mass is 35.5. The number of para-hydroxylation sites is 1. The number of anilines is 2. The molecule has 0 bridgehead atoms. The van der Waals surface area contributed by atoms with E-state index in [1.54, 1.807) is 30.3 Å². The molecule has 164 valence electrons. The second-order valence-electron chi connectivity index (χ2n) is 7.59. The van der Waals surface area contributed by atoms with Gasteiger partial charge in [0.15, 0.2) is 0 Å². The van der Waals surface area contributed by atoms with Crippen LogP contribution in [0.5, 0.6) is 5.75 Å². The molecule has 3 aromatic carbocycles. The van der Waals surface area contributed by atoms with Crippen molar-refractivity contribution in [1.29, 1.82) is 0 Å². The van der Waals surface area contributed by atoms with E-state index in [0.29, 0.717) is 5.75 Å². The third kappa shape index (κ3) is 5.03. The molecule has 1 aliphatic rings. The van der Waals surface area contributed by atoms with Crippen LogP contribution in [-0.2, 0) is 22.7 Å². The molecule has 0 atom stereocenters. The van der Waals surface area contributed by atoms with Gasteiger partial charge < -0.3 is 15.0 Å². The lowest BCUT2D eigenvalue weighted by Crippen LogP contribution is -2.20. The van der Waals surface area contributed by atoms with Gasteiger partial charge in [-0.3, -0.25) is 0 Å². The van der Waals surface area contributed by atoms with Crippen molar-refractivity contribution in [3.8, 4) is 5.75 Å². The van der Waals surface area contributed by atoms with E-state index in [4.69, 9.17) is 4.74 Å². The number of fused-ring (bicyclic) bond motifs is 1. The Morgan fingerprint density at radius 2 is 1.45 bits per heavy atom. The van der Waals surface area contributed by atoms with E-state index in [-0.39, 0.29) is 22.2 Å². The van der Waals surface area contributed by atoms with Crippen LogP contribution in [0.3, 0.4) is 0 Å². The van der Waals surface area contributed by atoms with E-state index in [0.717, 1.165) is 48.4 Å². The number of halogens is 1. The summed E-state index contributed by atoms with van der Waals surface area (Å²) in [5.41, 5.74) is 4.03. The first-order chi connectivity index (χ1) is 14.5. The smallest absolute Gasteiger partial charge is 0.210 e. The van der Waals surface area contributed by atoms with Crippen molar-refractivity contribution in [3.63, 3.8) is 0 Å². The van der Waals surface area contributed by atoms with Gasteiger partial charge in [-0.2, -0.15) is 0 Å². The highest BCUT2D eigenvalue weighted by molar-refractivity contribution is 7.91. The predicted octanol–water partition coefficient (Wildman–Crippen LogP) is 4.72. The normalized spacial score (nSPS) is 14.1. The fourth-order valence-corrected chi connectivity index (χ4v) is 5.20. The van der Waals surface area contributed by atoms with Crippen LogP contribution in [0.25, 0.3) is 0 Å².